The Balaban J connectivity index is 2.57. The first-order valence-electron chi connectivity index (χ1n) is 5.72. The third-order valence-electron chi connectivity index (χ3n) is 2.12. The fourth-order valence-electron chi connectivity index (χ4n) is 1.31. The van der Waals surface area contributed by atoms with Gasteiger partial charge in [0.1, 0.15) is 5.75 Å². The molecule has 7 heteroatoms. The minimum atomic E-state index is -0.975. The molecule has 0 aliphatic heterocycles. The Morgan fingerprint density at radius 3 is 2.79 bits per heavy atom. The molecule has 0 heterocycles. The molecule has 0 spiro atoms. The number of benzene rings is 1. The Bertz CT molecular complexity index is 465. The van der Waals surface area contributed by atoms with Gasteiger partial charge in [-0.3, -0.25) is 4.79 Å². The van der Waals surface area contributed by atoms with E-state index in [0.717, 1.165) is 0 Å². The molecule has 0 saturated carbocycles. The molecule has 3 N–H and O–H groups in total. The first-order valence-corrected chi connectivity index (χ1v) is 6.09. The number of carbonyl (C=O) groups excluding carboxylic acids is 1. The molecule has 0 unspecified atom stereocenters. The van der Waals surface area contributed by atoms with Gasteiger partial charge in [0, 0.05) is 12.6 Å². The fourth-order valence-corrected chi connectivity index (χ4v) is 1.47. The fraction of sp³-hybridized carbons (Fsp3) is 0.333. The maximum atomic E-state index is 11.5. The topological polar surface area (TPSA) is 87.7 Å². The highest BCUT2D eigenvalue weighted by Gasteiger charge is 2.07. The van der Waals surface area contributed by atoms with Crippen molar-refractivity contribution in [3.8, 4) is 5.75 Å². The standard InChI is InChI=1S/C12H15ClN2O4/c1-2-19-8-3-4-9(13)10(7-8)15-12(18)14-6-5-11(16)17/h3-4,7H,2,5-6H2,1H3,(H,16,17)(H2,14,15,18). The van der Waals surface area contributed by atoms with E-state index >= 15 is 0 Å². The van der Waals surface area contributed by atoms with Crippen molar-refractivity contribution in [2.45, 2.75) is 13.3 Å². The second-order valence-corrected chi connectivity index (χ2v) is 4.01. The van der Waals surface area contributed by atoms with Gasteiger partial charge in [-0.05, 0) is 19.1 Å². The zero-order chi connectivity index (χ0) is 14.3. The summed E-state index contributed by atoms with van der Waals surface area (Å²) in [6, 6.07) is 4.39. The lowest BCUT2D eigenvalue weighted by Crippen LogP contribution is -2.30. The van der Waals surface area contributed by atoms with Crippen molar-refractivity contribution in [3.05, 3.63) is 23.2 Å². The highest BCUT2D eigenvalue weighted by molar-refractivity contribution is 6.33. The molecule has 0 aliphatic rings. The van der Waals surface area contributed by atoms with Gasteiger partial charge in [-0.1, -0.05) is 11.6 Å². The van der Waals surface area contributed by atoms with Gasteiger partial charge in [0.05, 0.1) is 23.7 Å². The van der Waals surface area contributed by atoms with Crippen LogP contribution in [0.4, 0.5) is 10.5 Å². The molecule has 0 aromatic heterocycles. The number of carboxylic acid groups (broad SMARTS) is 1. The summed E-state index contributed by atoms with van der Waals surface area (Å²) in [7, 11) is 0. The molecule has 0 saturated heterocycles. The van der Waals surface area contributed by atoms with Crippen molar-refractivity contribution in [2.75, 3.05) is 18.5 Å². The second-order valence-electron chi connectivity index (χ2n) is 3.60. The molecular weight excluding hydrogens is 272 g/mol. The highest BCUT2D eigenvalue weighted by Crippen LogP contribution is 2.26. The monoisotopic (exact) mass is 286 g/mol. The number of carboxylic acids is 1. The van der Waals surface area contributed by atoms with Crippen molar-refractivity contribution in [1.82, 2.24) is 5.32 Å². The maximum Gasteiger partial charge on any atom is 0.319 e. The van der Waals surface area contributed by atoms with Gasteiger partial charge in [0.15, 0.2) is 0 Å². The number of urea groups is 1. The van der Waals surface area contributed by atoms with Crippen LogP contribution in [0.2, 0.25) is 5.02 Å². The van der Waals surface area contributed by atoms with E-state index in [1.807, 2.05) is 6.92 Å². The van der Waals surface area contributed by atoms with Crippen LogP contribution in [0, 0.1) is 0 Å². The van der Waals surface area contributed by atoms with Crippen molar-refractivity contribution < 1.29 is 19.4 Å². The minimum absolute atomic E-state index is 0.0456. The number of rotatable bonds is 6. The van der Waals surface area contributed by atoms with Gasteiger partial charge in [-0.25, -0.2) is 4.79 Å². The van der Waals surface area contributed by atoms with Gasteiger partial charge < -0.3 is 20.5 Å². The minimum Gasteiger partial charge on any atom is -0.494 e. The smallest absolute Gasteiger partial charge is 0.319 e. The lowest BCUT2D eigenvalue weighted by Gasteiger charge is -2.10. The summed E-state index contributed by atoms with van der Waals surface area (Å²) in [5.41, 5.74) is 0.403. The van der Waals surface area contributed by atoms with Crippen LogP contribution < -0.4 is 15.4 Å². The van der Waals surface area contributed by atoms with Crippen molar-refractivity contribution in [1.29, 1.82) is 0 Å². The molecule has 2 amide bonds. The van der Waals surface area contributed by atoms with Crippen LogP contribution in [0.5, 0.6) is 5.75 Å². The first-order chi connectivity index (χ1) is 9.02. The van der Waals surface area contributed by atoms with E-state index in [4.69, 9.17) is 21.4 Å². The molecule has 0 aliphatic carbocycles. The summed E-state index contributed by atoms with van der Waals surface area (Å²) in [4.78, 5) is 21.8. The van der Waals surface area contributed by atoms with Gasteiger partial charge in [-0.15, -0.1) is 0 Å². The van der Waals surface area contributed by atoms with Crippen LogP contribution in [0.1, 0.15) is 13.3 Å². The average Bonchev–Trinajstić information content (AvgIpc) is 2.33. The summed E-state index contributed by atoms with van der Waals surface area (Å²) in [5.74, 6) is -0.385. The van der Waals surface area contributed by atoms with Crippen LogP contribution in [0.3, 0.4) is 0 Å². The van der Waals surface area contributed by atoms with E-state index in [-0.39, 0.29) is 13.0 Å². The third-order valence-corrected chi connectivity index (χ3v) is 2.45. The lowest BCUT2D eigenvalue weighted by atomic mass is 10.3. The highest BCUT2D eigenvalue weighted by atomic mass is 35.5. The number of nitrogens with one attached hydrogen (secondary N) is 2. The van der Waals surface area contributed by atoms with Crippen LogP contribution in [0.15, 0.2) is 18.2 Å². The zero-order valence-corrected chi connectivity index (χ0v) is 11.2. The number of ether oxygens (including phenoxy) is 1. The summed E-state index contributed by atoms with van der Waals surface area (Å²) >= 11 is 5.93. The molecular formula is C12H15ClN2O4. The molecule has 6 nitrogen and oxygen atoms in total. The molecule has 0 fully saturated rings. The van der Waals surface area contributed by atoms with Gasteiger partial charge in [-0.2, -0.15) is 0 Å². The molecule has 0 atom stereocenters. The predicted molar refractivity (Wildman–Crippen MR) is 71.9 cm³/mol. The van der Waals surface area contributed by atoms with Crippen LogP contribution in [-0.4, -0.2) is 30.3 Å². The van der Waals surface area contributed by atoms with Crippen molar-refractivity contribution in [2.24, 2.45) is 0 Å². The summed E-state index contributed by atoms with van der Waals surface area (Å²) in [6.45, 7) is 2.40. The number of anilines is 1. The quantitative estimate of drug-likeness (QED) is 0.749. The Kier molecular flexibility index (Phi) is 5.95. The molecule has 104 valence electrons. The van der Waals surface area contributed by atoms with E-state index in [1.165, 1.54) is 0 Å². The normalized spacial score (nSPS) is 9.79. The molecule has 0 bridgehead atoms. The number of aliphatic carboxylic acids is 1. The molecule has 1 rings (SSSR count). The summed E-state index contributed by atoms with van der Waals surface area (Å²) in [5, 5.41) is 13.8. The second kappa shape index (κ2) is 7.48. The number of hydrogen-bond donors (Lipinski definition) is 3. The van der Waals surface area contributed by atoms with E-state index in [2.05, 4.69) is 10.6 Å². The molecule has 19 heavy (non-hydrogen) atoms. The van der Waals surface area contributed by atoms with Crippen molar-refractivity contribution in [3.63, 3.8) is 0 Å². The number of carbonyl (C=O) groups is 2. The van der Waals surface area contributed by atoms with Crippen molar-refractivity contribution >= 4 is 29.3 Å². The van der Waals surface area contributed by atoms with E-state index in [1.54, 1.807) is 18.2 Å². The molecule has 0 radical (unpaired) electrons. The Hall–Kier alpha value is -1.95. The Morgan fingerprint density at radius 1 is 1.42 bits per heavy atom. The third kappa shape index (κ3) is 5.48. The Labute approximate surface area is 115 Å². The first kappa shape index (κ1) is 15.1. The van der Waals surface area contributed by atoms with Gasteiger partial charge in [0.25, 0.3) is 0 Å². The maximum absolute atomic E-state index is 11.5. The average molecular weight is 287 g/mol. The predicted octanol–water partition coefficient (Wildman–Crippen LogP) is 2.33. The number of hydrogen-bond acceptors (Lipinski definition) is 3. The van der Waals surface area contributed by atoms with Crippen LogP contribution >= 0.6 is 11.6 Å². The van der Waals surface area contributed by atoms with E-state index in [9.17, 15) is 9.59 Å². The van der Waals surface area contributed by atoms with Crippen LogP contribution in [-0.2, 0) is 4.79 Å². The zero-order valence-electron chi connectivity index (χ0n) is 10.4. The summed E-state index contributed by atoms with van der Waals surface area (Å²) in [6.07, 6.45) is -0.139. The summed E-state index contributed by atoms with van der Waals surface area (Å²) < 4.78 is 5.29. The number of amides is 2. The van der Waals surface area contributed by atoms with Gasteiger partial charge in [0.2, 0.25) is 0 Å². The van der Waals surface area contributed by atoms with Crippen LogP contribution in [0.25, 0.3) is 0 Å². The number of halogens is 1. The largest absolute Gasteiger partial charge is 0.494 e. The van der Waals surface area contributed by atoms with Gasteiger partial charge >= 0.3 is 12.0 Å². The molecule has 1 aromatic carbocycles. The van der Waals surface area contributed by atoms with E-state index < -0.39 is 12.0 Å². The van der Waals surface area contributed by atoms with E-state index in [0.29, 0.717) is 23.1 Å². The Morgan fingerprint density at radius 2 is 2.16 bits per heavy atom. The molecule has 1 aromatic rings. The SMILES string of the molecule is CCOc1ccc(Cl)c(NC(=O)NCCC(=O)O)c1. The lowest BCUT2D eigenvalue weighted by molar-refractivity contribution is -0.136.